The molecule has 3 heterocycles. The van der Waals surface area contributed by atoms with Gasteiger partial charge >= 0.3 is 0 Å². The normalized spacial score (nSPS) is 15.5. The number of amides is 3. The average Bonchev–Trinajstić information content (AvgIpc) is 3.57. The van der Waals surface area contributed by atoms with E-state index in [0.717, 1.165) is 44.4 Å². The minimum atomic E-state index is -0.506. The van der Waals surface area contributed by atoms with E-state index < -0.39 is 23.6 Å². The third-order valence-corrected chi connectivity index (χ3v) is 7.95. The molecule has 2 aliphatic heterocycles. The van der Waals surface area contributed by atoms with Crippen molar-refractivity contribution in [1.29, 1.82) is 0 Å². The molecule has 39 heavy (non-hydrogen) atoms. The average molecular weight is 560 g/mol. The molecule has 3 aromatic carbocycles. The van der Waals surface area contributed by atoms with Gasteiger partial charge in [0.2, 0.25) is 12.7 Å². The zero-order chi connectivity index (χ0) is 27.1. The minimum absolute atomic E-state index is 0.119. The summed E-state index contributed by atoms with van der Waals surface area (Å²) in [5.74, 6) is 0.108. The summed E-state index contributed by atoms with van der Waals surface area (Å²) in [6, 6.07) is 20.6. The van der Waals surface area contributed by atoms with E-state index in [2.05, 4.69) is 9.88 Å². The number of ether oxygens (including phenoxy) is 2. The first kappa shape index (κ1) is 25.1. The second kappa shape index (κ2) is 10.2. The van der Waals surface area contributed by atoms with Crippen LogP contribution in [0.25, 0.3) is 17.0 Å². The number of carbonyl (C=O) groups is 3. The van der Waals surface area contributed by atoms with E-state index in [-0.39, 0.29) is 11.7 Å². The summed E-state index contributed by atoms with van der Waals surface area (Å²) < 4.78 is 12.8. The number of carbonyl (C=O) groups excluding carboxylic acids is 3. The van der Waals surface area contributed by atoms with Crippen LogP contribution in [0, 0.1) is 6.92 Å². The number of benzene rings is 3. The molecule has 4 aromatic rings. The van der Waals surface area contributed by atoms with Crippen molar-refractivity contribution in [2.24, 2.45) is 0 Å². The molecule has 2 aliphatic rings. The summed E-state index contributed by atoms with van der Waals surface area (Å²) >= 11 is 7.26. The fraction of sp³-hybridized carbons (Fsp3) is 0.138. The predicted molar refractivity (Wildman–Crippen MR) is 151 cm³/mol. The number of rotatable bonds is 6. The van der Waals surface area contributed by atoms with Crippen molar-refractivity contribution in [3.05, 3.63) is 93.5 Å². The first-order chi connectivity index (χ1) is 18.9. The van der Waals surface area contributed by atoms with Gasteiger partial charge in [0.25, 0.3) is 11.1 Å². The third-order valence-electron chi connectivity index (χ3n) is 6.67. The number of thioether (sulfide) groups is 1. The molecule has 6 rings (SSSR count). The fourth-order valence-electron chi connectivity index (χ4n) is 4.73. The highest BCUT2D eigenvalue weighted by molar-refractivity contribution is 8.18. The van der Waals surface area contributed by atoms with Crippen molar-refractivity contribution in [2.75, 3.05) is 18.7 Å². The Morgan fingerprint density at radius 2 is 1.82 bits per heavy atom. The number of hydrogen-bond donors (Lipinski definition) is 1. The molecule has 0 bridgehead atoms. The maximum atomic E-state index is 13.2. The van der Waals surface area contributed by atoms with Gasteiger partial charge in [0.05, 0.1) is 4.91 Å². The van der Waals surface area contributed by atoms with Crippen LogP contribution in [0.1, 0.15) is 16.8 Å². The Morgan fingerprint density at radius 3 is 2.67 bits per heavy atom. The van der Waals surface area contributed by atoms with Crippen LogP contribution < -0.4 is 14.8 Å². The number of hydrogen-bond acceptors (Lipinski definition) is 6. The molecule has 8 nitrogen and oxygen atoms in total. The second-order valence-corrected chi connectivity index (χ2v) is 10.5. The van der Waals surface area contributed by atoms with E-state index in [1.54, 1.807) is 24.3 Å². The Bertz CT molecular complexity index is 1700. The minimum Gasteiger partial charge on any atom is -0.454 e. The molecule has 1 N–H and O–H groups in total. The number of aromatic nitrogens is 1. The molecule has 1 fully saturated rings. The summed E-state index contributed by atoms with van der Waals surface area (Å²) in [5, 5.41) is 3.84. The smallest absolute Gasteiger partial charge is 0.294 e. The topological polar surface area (TPSA) is 89.9 Å². The standard InChI is InChI=1S/C29H22ClN3O5S/c1-17-21(20-7-3-5-9-23(20)32(17)14-18-6-2-4-8-22(18)30)13-26-28(35)33(29(36)39-26)15-27(34)31-19-10-11-24-25(12-19)38-16-37-24/h2-13H,14-16H2,1H3,(H,31,34)/b26-13-. The molecule has 10 heteroatoms. The van der Waals surface area contributed by atoms with Crippen LogP contribution in [-0.4, -0.2) is 39.9 Å². The van der Waals surface area contributed by atoms with E-state index in [1.807, 2.05) is 55.5 Å². The summed E-state index contributed by atoms with van der Waals surface area (Å²) in [6.07, 6.45) is 1.74. The zero-order valence-electron chi connectivity index (χ0n) is 20.8. The van der Waals surface area contributed by atoms with Crippen LogP contribution in [0.2, 0.25) is 5.02 Å². The molecule has 0 spiro atoms. The van der Waals surface area contributed by atoms with E-state index in [0.29, 0.717) is 28.8 Å². The quantitative estimate of drug-likeness (QED) is 0.289. The highest BCUT2D eigenvalue weighted by Crippen LogP contribution is 2.37. The summed E-state index contributed by atoms with van der Waals surface area (Å²) in [6.45, 7) is 2.25. The highest BCUT2D eigenvalue weighted by Gasteiger charge is 2.36. The van der Waals surface area contributed by atoms with Crippen LogP contribution in [0.4, 0.5) is 10.5 Å². The molecule has 196 valence electrons. The molecular formula is C29H22ClN3O5S. The SMILES string of the molecule is Cc1c(/C=C2\SC(=O)N(CC(=O)Nc3ccc4c(c3)OCO4)C2=O)c2ccccc2n1Cc1ccccc1Cl. The van der Waals surface area contributed by atoms with Crippen LogP contribution in [0.5, 0.6) is 11.5 Å². The maximum absolute atomic E-state index is 13.2. The molecule has 0 atom stereocenters. The first-order valence-electron chi connectivity index (χ1n) is 12.1. The summed E-state index contributed by atoms with van der Waals surface area (Å²) in [7, 11) is 0. The van der Waals surface area contributed by atoms with Gasteiger partial charge in [-0.25, -0.2) is 0 Å². The lowest BCUT2D eigenvalue weighted by Gasteiger charge is -2.12. The lowest BCUT2D eigenvalue weighted by atomic mass is 10.1. The summed E-state index contributed by atoms with van der Waals surface area (Å²) in [5.41, 5.74) is 4.22. The maximum Gasteiger partial charge on any atom is 0.294 e. The monoisotopic (exact) mass is 559 g/mol. The van der Waals surface area contributed by atoms with Gasteiger partial charge in [-0.2, -0.15) is 0 Å². The van der Waals surface area contributed by atoms with E-state index in [1.165, 1.54) is 0 Å². The molecule has 0 unspecified atom stereocenters. The van der Waals surface area contributed by atoms with Crippen molar-refractivity contribution < 1.29 is 23.9 Å². The molecule has 0 aliphatic carbocycles. The molecule has 1 aromatic heterocycles. The van der Waals surface area contributed by atoms with Gasteiger partial charge in [-0.05, 0) is 54.6 Å². The number of halogens is 1. The number of fused-ring (bicyclic) bond motifs is 2. The van der Waals surface area contributed by atoms with Gasteiger partial charge < -0.3 is 19.4 Å². The second-order valence-electron chi connectivity index (χ2n) is 9.08. The largest absolute Gasteiger partial charge is 0.454 e. The Balaban J connectivity index is 1.25. The number of nitrogens with one attached hydrogen (secondary N) is 1. The molecule has 3 amide bonds. The van der Waals surface area contributed by atoms with Crippen LogP contribution in [0.3, 0.4) is 0 Å². The summed E-state index contributed by atoms with van der Waals surface area (Å²) in [4.78, 5) is 39.9. The van der Waals surface area contributed by atoms with Crippen LogP contribution >= 0.6 is 23.4 Å². The Hall–Kier alpha value is -4.21. The third kappa shape index (κ3) is 4.75. The Morgan fingerprint density at radius 1 is 1.05 bits per heavy atom. The lowest BCUT2D eigenvalue weighted by Crippen LogP contribution is -2.36. The molecule has 0 saturated carbocycles. The van der Waals surface area contributed by atoms with Gasteiger partial charge in [-0.1, -0.05) is 48.0 Å². The highest BCUT2D eigenvalue weighted by atomic mass is 35.5. The van der Waals surface area contributed by atoms with E-state index in [9.17, 15) is 14.4 Å². The van der Waals surface area contributed by atoms with E-state index in [4.69, 9.17) is 21.1 Å². The first-order valence-corrected chi connectivity index (χ1v) is 13.3. The number of nitrogens with zero attached hydrogens (tertiary/aromatic N) is 2. The number of para-hydroxylation sites is 1. The lowest BCUT2D eigenvalue weighted by molar-refractivity contribution is -0.127. The van der Waals surface area contributed by atoms with Gasteiger partial charge in [-0.3, -0.25) is 19.3 Å². The Kier molecular flexibility index (Phi) is 6.54. The molecule has 1 saturated heterocycles. The van der Waals surface area contributed by atoms with Crippen molar-refractivity contribution in [3.63, 3.8) is 0 Å². The van der Waals surface area contributed by atoms with Crippen LogP contribution in [-0.2, 0) is 16.1 Å². The molecular weight excluding hydrogens is 538 g/mol. The fourth-order valence-corrected chi connectivity index (χ4v) is 5.74. The van der Waals surface area contributed by atoms with Crippen molar-refractivity contribution >= 4 is 63.1 Å². The van der Waals surface area contributed by atoms with Crippen molar-refractivity contribution in [3.8, 4) is 11.5 Å². The number of imide groups is 1. The number of anilines is 1. The van der Waals surface area contributed by atoms with Crippen molar-refractivity contribution in [2.45, 2.75) is 13.5 Å². The van der Waals surface area contributed by atoms with E-state index >= 15 is 0 Å². The van der Waals surface area contributed by atoms with Crippen molar-refractivity contribution in [1.82, 2.24) is 9.47 Å². The molecule has 0 radical (unpaired) electrons. The van der Waals surface area contributed by atoms with Gasteiger partial charge in [0.15, 0.2) is 11.5 Å². The van der Waals surface area contributed by atoms with Gasteiger partial charge in [-0.15, -0.1) is 0 Å². The van der Waals surface area contributed by atoms with Gasteiger partial charge in [0.1, 0.15) is 6.54 Å². The Labute approximate surface area is 233 Å². The van der Waals surface area contributed by atoms with Crippen LogP contribution in [0.15, 0.2) is 71.6 Å². The predicted octanol–water partition coefficient (Wildman–Crippen LogP) is 6.06. The van der Waals surface area contributed by atoms with Gasteiger partial charge in [0, 0.05) is 45.5 Å². The zero-order valence-corrected chi connectivity index (χ0v) is 22.3.